The molecule has 16 heteroatoms. The number of halogens is 1. The fourth-order valence-electron chi connectivity index (χ4n) is 3.41. The van der Waals surface area contributed by atoms with Gasteiger partial charge in [0.05, 0.1) is 16.5 Å². The molecule has 14 nitrogen and oxygen atoms in total. The van der Waals surface area contributed by atoms with Crippen LogP contribution in [0.3, 0.4) is 0 Å². The van der Waals surface area contributed by atoms with Gasteiger partial charge in [-0.2, -0.15) is 0 Å². The molecule has 1 aromatic carbocycles. The maximum atomic E-state index is 11.1. The van der Waals surface area contributed by atoms with Crippen LogP contribution < -0.4 is 9.84 Å². The summed E-state index contributed by atoms with van der Waals surface area (Å²) < 4.78 is 23.0. The maximum Gasteiger partial charge on any atom is 0.524 e. The molecule has 1 saturated heterocycles. The van der Waals surface area contributed by atoms with E-state index >= 15 is 0 Å². The summed E-state index contributed by atoms with van der Waals surface area (Å²) in [5, 5.41) is 42.9. The van der Waals surface area contributed by atoms with Crippen LogP contribution in [0.15, 0.2) is 24.8 Å². The summed E-state index contributed by atoms with van der Waals surface area (Å²) in [4.78, 5) is 30.6. The number of aliphatic hydroxyl groups is 3. The number of hydrogen-bond donors (Lipinski definition) is 7. The summed E-state index contributed by atoms with van der Waals surface area (Å²) in [6.45, 7) is -0.483. The van der Waals surface area contributed by atoms with Crippen LogP contribution in [0.4, 0.5) is 5.82 Å². The van der Waals surface area contributed by atoms with Crippen molar-refractivity contribution in [3.63, 3.8) is 0 Å². The van der Waals surface area contributed by atoms with Crippen LogP contribution in [-0.2, 0) is 15.8 Å². The molecule has 3 aromatic rings. The molecule has 2 aromatic heterocycles. The SMILES string of the molecule is O=P(O)(O)Oc1cc(I)c(O)c(CNc2ncnc3c2ncn3[C@@H]2O[C@H](CO)[C@@H](O)[C@H]2O)c1. The lowest BCUT2D eigenvalue weighted by atomic mass is 10.1. The average Bonchev–Trinajstić information content (AvgIpc) is 3.30. The number of imidazole rings is 1. The van der Waals surface area contributed by atoms with Gasteiger partial charge in [0.2, 0.25) is 0 Å². The summed E-state index contributed by atoms with van der Waals surface area (Å²) >= 11 is 1.80. The lowest BCUT2D eigenvalue weighted by molar-refractivity contribution is -0.0511. The minimum atomic E-state index is -4.78. The van der Waals surface area contributed by atoms with E-state index in [-0.39, 0.29) is 35.1 Å². The third-order valence-corrected chi connectivity index (χ3v) is 6.21. The number of benzene rings is 1. The molecule has 0 saturated carbocycles. The number of aromatic nitrogens is 4. The third-order valence-electron chi connectivity index (χ3n) is 4.94. The molecule has 3 heterocycles. The van der Waals surface area contributed by atoms with Crippen molar-refractivity contribution in [1.82, 2.24) is 19.5 Å². The van der Waals surface area contributed by atoms with E-state index in [9.17, 15) is 25.0 Å². The molecule has 4 atom stereocenters. The molecule has 1 aliphatic rings. The zero-order valence-electron chi connectivity index (χ0n) is 16.6. The Balaban J connectivity index is 1.60. The second-order valence-corrected chi connectivity index (χ2v) is 9.45. The van der Waals surface area contributed by atoms with Gasteiger partial charge in [0, 0.05) is 12.1 Å². The normalized spacial score (nSPS) is 23.2. The van der Waals surface area contributed by atoms with Gasteiger partial charge in [0.1, 0.15) is 36.1 Å². The molecule has 4 rings (SSSR count). The van der Waals surface area contributed by atoms with E-state index in [1.807, 2.05) is 0 Å². The zero-order chi connectivity index (χ0) is 23.9. The largest absolute Gasteiger partial charge is 0.524 e. The van der Waals surface area contributed by atoms with E-state index < -0.39 is 39.0 Å². The molecule has 33 heavy (non-hydrogen) atoms. The first-order valence-electron chi connectivity index (χ1n) is 9.39. The van der Waals surface area contributed by atoms with Crippen molar-refractivity contribution >= 4 is 47.4 Å². The minimum Gasteiger partial charge on any atom is -0.506 e. The Morgan fingerprint density at radius 2 is 1.97 bits per heavy atom. The van der Waals surface area contributed by atoms with Gasteiger partial charge in [-0.3, -0.25) is 14.4 Å². The monoisotopic (exact) mass is 595 g/mol. The van der Waals surface area contributed by atoms with Crippen LogP contribution in [0.1, 0.15) is 11.8 Å². The summed E-state index contributed by atoms with van der Waals surface area (Å²) in [6.07, 6.45) is -2.01. The highest BCUT2D eigenvalue weighted by molar-refractivity contribution is 14.1. The topological polar surface area (TPSA) is 213 Å². The number of hydrogen-bond acceptors (Lipinski definition) is 11. The number of fused-ring (bicyclic) bond motifs is 1. The van der Waals surface area contributed by atoms with Gasteiger partial charge in [-0.05, 0) is 34.7 Å². The van der Waals surface area contributed by atoms with Crippen molar-refractivity contribution in [3.8, 4) is 11.5 Å². The number of aromatic hydroxyl groups is 1. The number of phosphoric acid groups is 1. The molecular weight excluding hydrogens is 576 g/mol. The van der Waals surface area contributed by atoms with E-state index in [2.05, 4.69) is 24.8 Å². The van der Waals surface area contributed by atoms with Gasteiger partial charge in [-0.1, -0.05) is 0 Å². The van der Waals surface area contributed by atoms with Gasteiger partial charge in [0.15, 0.2) is 23.2 Å². The summed E-state index contributed by atoms with van der Waals surface area (Å²) in [5.41, 5.74) is 0.853. The van der Waals surface area contributed by atoms with Gasteiger partial charge in [-0.25, -0.2) is 19.5 Å². The first-order chi connectivity index (χ1) is 15.6. The molecule has 0 amide bonds. The second kappa shape index (κ2) is 9.27. The predicted octanol–water partition coefficient (Wildman–Crippen LogP) is -0.168. The standard InChI is InChI=1S/C17H19IN5O9P/c18-9-2-8(32-33(28,29)30)1-7(12(9)25)3-19-15-11-16(21-5-20-15)23(6-22-11)17-14(27)13(26)10(4-24)31-17/h1-2,5-6,10,13-14,17,24-27H,3-4H2,(H,19,20,21)(H2,28,29,30)/t10-,13-,14-,17-/m1/s1. The van der Waals surface area contributed by atoms with E-state index in [0.29, 0.717) is 9.09 Å². The predicted molar refractivity (Wildman–Crippen MR) is 119 cm³/mol. The Bertz CT molecular complexity index is 1220. The third kappa shape index (κ3) is 4.90. The van der Waals surface area contributed by atoms with E-state index in [4.69, 9.17) is 14.5 Å². The van der Waals surface area contributed by atoms with Gasteiger partial charge >= 0.3 is 7.82 Å². The summed E-state index contributed by atoms with van der Waals surface area (Å²) in [6, 6.07) is 2.56. The molecular formula is C17H19IN5O9P. The Morgan fingerprint density at radius 1 is 1.21 bits per heavy atom. The van der Waals surface area contributed by atoms with Gasteiger partial charge in [-0.15, -0.1) is 0 Å². The first kappa shape index (κ1) is 24.0. The average molecular weight is 595 g/mol. The number of ether oxygens (including phenoxy) is 1. The highest BCUT2D eigenvalue weighted by Gasteiger charge is 2.44. The van der Waals surface area contributed by atoms with Crippen LogP contribution in [0.5, 0.6) is 11.5 Å². The van der Waals surface area contributed by atoms with Crippen molar-refractivity contribution in [1.29, 1.82) is 0 Å². The van der Waals surface area contributed by atoms with Gasteiger partial charge in [0.25, 0.3) is 0 Å². The highest BCUT2D eigenvalue weighted by Crippen LogP contribution is 2.40. The number of anilines is 1. The van der Waals surface area contributed by atoms with Crippen molar-refractivity contribution in [2.45, 2.75) is 31.1 Å². The highest BCUT2D eigenvalue weighted by atomic mass is 127. The zero-order valence-corrected chi connectivity index (χ0v) is 19.6. The van der Waals surface area contributed by atoms with E-state index in [1.54, 1.807) is 22.6 Å². The van der Waals surface area contributed by atoms with Crippen molar-refractivity contribution in [2.75, 3.05) is 11.9 Å². The van der Waals surface area contributed by atoms with Crippen molar-refractivity contribution in [2.24, 2.45) is 0 Å². The molecule has 1 aliphatic heterocycles. The lowest BCUT2D eigenvalue weighted by Gasteiger charge is -2.16. The number of phenolic OH excluding ortho intramolecular Hbond substituents is 1. The fourth-order valence-corrected chi connectivity index (χ4v) is 4.44. The second-order valence-electron chi connectivity index (χ2n) is 7.12. The lowest BCUT2D eigenvalue weighted by Crippen LogP contribution is -2.33. The quantitative estimate of drug-likeness (QED) is 0.140. The Kier molecular flexibility index (Phi) is 6.75. The molecule has 0 unspecified atom stereocenters. The van der Waals surface area contributed by atoms with Crippen LogP contribution in [0, 0.1) is 3.57 Å². The molecule has 0 bridgehead atoms. The fraction of sp³-hybridized carbons (Fsp3) is 0.353. The molecule has 1 fully saturated rings. The van der Waals surface area contributed by atoms with Crippen LogP contribution in [0.25, 0.3) is 11.2 Å². The summed E-state index contributed by atoms with van der Waals surface area (Å²) in [5.74, 6) is 0.0357. The molecule has 178 valence electrons. The Labute approximate surface area is 199 Å². The maximum absolute atomic E-state index is 11.1. The van der Waals surface area contributed by atoms with E-state index in [0.717, 1.165) is 0 Å². The van der Waals surface area contributed by atoms with E-state index in [1.165, 1.54) is 29.4 Å². The summed E-state index contributed by atoms with van der Waals surface area (Å²) in [7, 11) is -4.78. The Hall–Kier alpha value is -2.11. The number of nitrogens with one attached hydrogen (secondary N) is 1. The smallest absolute Gasteiger partial charge is 0.506 e. The van der Waals surface area contributed by atoms with Gasteiger partial charge < -0.3 is 35.0 Å². The van der Waals surface area contributed by atoms with Crippen LogP contribution >= 0.6 is 30.4 Å². The number of nitrogens with zero attached hydrogens (tertiary/aromatic N) is 4. The number of aliphatic hydroxyl groups excluding tert-OH is 3. The number of rotatable bonds is 7. The number of phenols is 1. The Morgan fingerprint density at radius 3 is 2.64 bits per heavy atom. The van der Waals surface area contributed by atoms with Crippen molar-refractivity contribution in [3.05, 3.63) is 33.9 Å². The molecule has 0 radical (unpaired) electrons. The van der Waals surface area contributed by atoms with Crippen molar-refractivity contribution < 1.29 is 44.0 Å². The number of phosphoric ester groups is 1. The first-order valence-corrected chi connectivity index (χ1v) is 12.0. The molecule has 0 aliphatic carbocycles. The molecule has 0 spiro atoms. The van der Waals surface area contributed by atoms with Crippen LogP contribution in [-0.4, -0.2) is 74.7 Å². The minimum absolute atomic E-state index is 0.00692. The van der Waals surface area contributed by atoms with Crippen LogP contribution in [0.2, 0.25) is 0 Å². The molecule has 7 N–H and O–H groups in total.